The molecule has 0 radical (unpaired) electrons. The van der Waals surface area contributed by atoms with Gasteiger partial charge in [0.25, 0.3) is 0 Å². The quantitative estimate of drug-likeness (QED) is 0.231. The molecule has 3 rings (SSSR count). The molecule has 1 aliphatic carbocycles. The van der Waals surface area contributed by atoms with Crippen LogP contribution >= 0.6 is 0 Å². The number of rotatable bonds is 11. The smallest absolute Gasteiger partial charge is 0.305 e. The highest BCUT2D eigenvalue weighted by Crippen LogP contribution is 2.58. The third-order valence-electron chi connectivity index (χ3n) is 6.42. The number of ether oxygens (including phenoxy) is 4. The van der Waals surface area contributed by atoms with E-state index in [0.29, 0.717) is 26.1 Å². The third kappa shape index (κ3) is 4.66. The summed E-state index contributed by atoms with van der Waals surface area (Å²) in [5.41, 5.74) is -0.571. The molecule has 0 aromatic carbocycles. The number of hydrogen-bond acceptors (Lipinski definition) is 6. The fourth-order valence-corrected chi connectivity index (χ4v) is 4.71. The second kappa shape index (κ2) is 9.06. The maximum Gasteiger partial charge on any atom is 0.305 e. The molecule has 3 aliphatic rings. The highest BCUT2D eigenvalue weighted by atomic mass is 16.6. The first kappa shape index (κ1) is 21.5. The van der Waals surface area contributed by atoms with Crippen molar-refractivity contribution in [3.8, 4) is 0 Å². The standard InChI is InChI=1S/C22H34O6/c1-4-26-18(24)12-10-8-6-5-7-9-11-17-21(2,28-17)20-19(25-3)16(23)13-14-22(20)15-27-22/h7,9,17,19-20H,4-6,8,10-15H2,1-3H3. The third-order valence-corrected chi connectivity index (χ3v) is 6.42. The van der Waals surface area contributed by atoms with Crippen molar-refractivity contribution in [1.82, 2.24) is 0 Å². The predicted octanol–water partition coefficient (Wildman–Crippen LogP) is 3.37. The van der Waals surface area contributed by atoms with E-state index in [1.165, 1.54) is 0 Å². The number of hydrogen-bond donors (Lipinski definition) is 0. The topological polar surface area (TPSA) is 77.7 Å². The number of methoxy groups -OCH3 is 1. The molecule has 2 saturated heterocycles. The van der Waals surface area contributed by atoms with E-state index in [0.717, 1.165) is 38.5 Å². The lowest BCUT2D eigenvalue weighted by Gasteiger charge is -2.37. The second-order valence-electron chi connectivity index (χ2n) is 8.36. The first-order valence-electron chi connectivity index (χ1n) is 10.6. The number of epoxide rings is 2. The van der Waals surface area contributed by atoms with Gasteiger partial charge in [-0.05, 0) is 46.0 Å². The zero-order valence-electron chi connectivity index (χ0n) is 17.4. The largest absolute Gasteiger partial charge is 0.466 e. The molecule has 0 N–H and O–H groups in total. The van der Waals surface area contributed by atoms with Crippen LogP contribution in [0.2, 0.25) is 0 Å². The minimum atomic E-state index is -0.422. The molecular formula is C22H34O6. The number of unbranched alkanes of at least 4 members (excludes halogenated alkanes) is 3. The fourth-order valence-electron chi connectivity index (χ4n) is 4.71. The Hall–Kier alpha value is -1.24. The van der Waals surface area contributed by atoms with E-state index in [1.807, 2.05) is 6.92 Å². The molecule has 1 saturated carbocycles. The van der Waals surface area contributed by atoms with Crippen LogP contribution in [0.1, 0.15) is 65.2 Å². The van der Waals surface area contributed by atoms with Crippen LogP contribution in [0.4, 0.5) is 0 Å². The van der Waals surface area contributed by atoms with E-state index in [2.05, 4.69) is 19.1 Å². The van der Waals surface area contributed by atoms with E-state index in [-0.39, 0.29) is 35.0 Å². The van der Waals surface area contributed by atoms with E-state index in [1.54, 1.807) is 7.11 Å². The van der Waals surface area contributed by atoms with Crippen LogP contribution in [0.3, 0.4) is 0 Å². The minimum Gasteiger partial charge on any atom is -0.466 e. The van der Waals surface area contributed by atoms with Crippen LogP contribution in [0.5, 0.6) is 0 Å². The van der Waals surface area contributed by atoms with Crippen molar-refractivity contribution < 1.29 is 28.5 Å². The Bertz CT molecular complexity index is 596. The maximum atomic E-state index is 12.3. The molecule has 28 heavy (non-hydrogen) atoms. The molecule has 6 heteroatoms. The van der Waals surface area contributed by atoms with Crippen LogP contribution in [-0.2, 0) is 28.5 Å². The van der Waals surface area contributed by atoms with Crippen LogP contribution in [0.15, 0.2) is 12.2 Å². The predicted molar refractivity (Wildman–Crippen MR) is 104 cm³/mol. The molecule has 1 spiro atoms. The Morgan fingerprint density at radius 1 is 1.29 bits per heavy atom. The summed E-state index contributed by atoms with van der Waals surface area (Å²) in [6.07, 6.45) is 10.7. The SMILES string of the molecule is CCOC(=O)CCCCCC=CCC1OC1(C)C1C(OC)C(=O)CCC12CO2. The van der Waals surface area contributed by atoms with Gasteiger partial charge in [0.1, 0.15) is 17.3 Å². The Morgan fingerprint density at radius 2 is 2.07 bits per heavy atom. The zero-order valence-corrected chi connectivity index (χ0v) is 17.4. The first-order valence-corrected chi connectivity index (χ1v) is 10.6. The lowest BCUT2D eigenvalue weighted by atomic mass is 9.69. The lowest BCUT2D eigenvalue weighted by molar-refractivity contribution is -0.143. The zero-order chi connectivity index (χ0) is 20.2. The highest BCUT2D eigenvalue weighted by Gasteiger charge is 2.71. The van der Waals surface area contributed by atoms with Gasteiger partial charge in [0.15, 0.2) is 5.78 Å². The normalized spacial score (nSPS) is 36.8. The van der Waals surface area contributed by atoms with E-state index in [9.17, 15) is 9.59 Å². The van der Waals surface area contributed by atoms with E-state index in [4.69, 9.17) is 18.9 Å². The Labute approximate surface area is 167 Å². The molecule has 6 nitrogen and oxygen atoms in total. The van der Waals surface area contributed by atoms with Gasteiger partial charge in [0.2, 0.25) is 0 Å². The van der Waals surface area contributed by atoms with Crippen molar-refractivity contribution in [3.63, 3.8) is 0 Å². The van der Waals surface area contributed by atoms with Crippen LogP contribution in [-0.4, -0.2) is 55.5 Å². The molecule has 5 atom stereocenters. The summed E-state index contributed by atoms with van der Waals surface area (Å²) in [4.78, 5) is 23.6. The molecule has 158 valence electrons. The summed E-state index contributed by atoms with van der Waals surface area (Å²) in [6, 6.07) is 0. The van der Waals surface area contributed by atoms with Crippen molar-refractivity contribution in [2.45, 2.75) is 88.6 Å². The number of Topliss-reactive ketones (excluding diaryl/α,β-unsaturated/α-hetero) is 1. The Balaban J connectivity index is 1.38. The van der Waals surface area contributed by atoms with Crippen molar-refractivity contribution >= 4 is 11.8 Å². The second-order valence-corrected chi connectivity index (χ2v) is 8.36. The summed E-state index contributed by atoms with van der Waals surface area (Å²) in [6.45, 7) is 5.09. The number of carbonyl (C=O) groups is 2. The molecule has 5 unspecified atom stereocenters. The van der Waals surface area contributed by atoms with Crippen LogP contribution in [0, 0.1) is 5.92 Å². The Morgan fingerprint density at radius 3 is 2.75 bits per heavy atom. The number of allylic oxidation sites excluding steroid dienone is 1. The monoisotopic (exact) mass is 394 g/mol. The van der Waals surface area contributed by atoms with Crippen molar-refractivity contribution in [2.75, 3.05) is 20.3 Å². The van der Waals surface area contributed by atoms with Gasteiger partial charge in [-0.2, -0.15) is 0 Å². The fraction of sp³-hybridized carbons (Fsp3) is 0.818. The average Bonchev–Trinajstić information content (AvgIpc) is 3.57. The van der Waals surface area contributed by atoms with Gasteiger partial charge in [-0.3, -0.25) is 9.59 Å². The summed E-state index contributed by atoms with van der Waals surface area (Å²) >= 11 is 0. The van der Waals surface area contributed by atoms with Crippen LogP contribution in [0.25, 0.3) is 0 Å². The van der Waals surface area contributed by atoms with Crippen molar-refractivity contribution in [1.29, 1.82) is 0 Å². The molecule has 0 bridgehead atoms. The molecule has 0 aromatic heterocycles. The van der Waals surface area contributed by atoms with Crippen molar-refractivity contribution in [3.05, 3.63) is 12.2 Å². The maximum absolute atomic E-state index is 12.3. The molecule has 3 fully saturated rings. The molecular weight excluding hydrogens is 360 g/mol. The van der Waals surface area contributed by atoms with E-state index >= 15 is 0 Å². The minimum absolute atomic E-state index is 0.0208. The first-order chi connectivity index (χ1) is 13.5. The van der Waals surface area contributed by atoms with Gasteiger partial charge in [0.05, 0.1) is 25.2 Å². The number of carbonyl (C=O) groups excluding carboxylic acids is 2. The molecule has 0 aromatic rings. The molecule has 2 heterocycles. The lowest BCUT2D eigenvalue weighted by Crippen LogP contribution is -2.52. The van der Waals surface area contributed by atoms with Gasteiger partial charge < -0.3 is 18.9 Å². The average molecular weight is 395 g/mol. The van der Waals surface area contributed by atoms with Crippen molar-refractivity contribution in [2.24, 2.45) is 5.92 Å². The van der Waals surface area contributed by atoms with Gasteiger partial charge >= 0.3 is 5.97 Å². The summed E-state index contributed by atoms with van der Waals surface area (Å²) in [5, 5.41) is 0. The highest BCUT2D eigenvalue weighted by molar-refractivity contribution is 5.85. The summed E-state index contributed by atoms with van der Waals surface area (Å²) in [5.74, 6) is 0.0474. The molecule has 0 amide bonds. The Kier molecular flexibility index (Phi) is 6.94. The summed E-state index contributed by atoms with van der Waals surface area (Å²) < 4.78 is 22.4. The van der Waals surface area contributed by atoms with E-state index < -0.39 is 6.10 Å². The molecule has 2 aliphatic heterocycles. The van der Waals surface area contributed by atoms with Crippen LogP contribution < -0.4 is 0 Å². The van der Waals surface area contributed by atoms with Gasteiger partial charge in [-0.25, -0.2) is 0 Å². The van der Waals surface area contributed by atoms with Gasteiger partial charge in [-0.1, -0.05) is 18.6 Å². The van der Waals surface area contributed by atoms with Gasteiger partial charge in [0, 0.05) is 20.0 Å². The van der Waals surface area contributed by atoms with Gasteiger partial charge in [-0.15, -0.1) is 0 Å². The number of esters is 1. The number of ketones is 1. The summed E-state index contributed by atoms with van der Waals surface area (Å²) in [7, 11) is 1.61.